The molecule has 2 aromatic rings. The molecular formula is C21H27BrO3Si. The van der Waals surface area contributed by atoms with Crippen molar-refractivity contribution in [2.45, 2.75) is 51.7 Å². The van der Waals surface area contributed by atoms with E-state index < -0.39 is 8.32 Å². The van der Waals surface area contributed by atoms with E-state index in [1.54, 1.807) is 0 Å². The maximum absolute atomic E-state index is 8.12. The Labute approximate surface area is 166 Å². The number of carbonyl (C=O) groups excluding carboxylic acids is 2. The summed E-state index contributed by atoms with van der Waals surface area (Å²) >= 11 is 3.71. The van der Waals surface area contributed by atoms with Crippen LogP contribution in [-0.2, 0) is 22.4 Å². The van der Waals surface area contributed by atoms with Crippen LogP contribution in [0, 0.1) is 0 Å². The average molecular weight is 435 g/mol. The second-order valence-corrected chi connectivity index (χ2v) is 13.3. The van der Waals surface area contributed by atoms with Crippen molar-refractivity contribution < 1.29 is 14.0 Å². The minimum atomic E-state index is -1.78. The number of rotatable bonds is 5. The summed E-state index contributed by atoms with van der Waals surface area (Å²) in [6, 6.07) is 17.1. The monoisotopic (exact) mass is 434 g/mol. The zero-order chi connectivity index (χ0) is 19.8. The van der Waals surface area contributed by atoms with E-state index in [9.17, 15) is 0 Å². The third-order valence-electron chi connectivity index (χ3n) is 4.73. The molecule has 3 nitrogen and oxygen atoms in total. The Balaban J connectivity index is 0.00000105. The van der Waals surface area contributed by atoms with E-state index in [-0.39, 0.29) is 11.2 Å². The highest BCUT2D eigenvalue weighted by atomic mass is 79.9. The van der Waals surface area contributed by atoms with E-state index in [0.717, 1.165) is 23.1 Å². The quantitative estimate of drug-likeness (QED) is 0.538. The van der Waals surface area contributed by atoms with Gasteiger partial charge in [0.15, 0.2) is 0 Å². The van der Waals surface area contributed by atoms with E-state index in [4.69, 9.17) is 14.0 Å². The van der Waals surface area contributed by atoms with E-state index in [1.807, 2.05) is 0 Å². The van der Waals surface area contributed by atoms with Gasteiger partial charge in [0.25, 0.3) is 0 Å². The van der Waals surface area contributed by atoms with Gasteiger partial charge in [-0.2, -0.15) is 9.59 Å². The highest BCUT2D eigenvalue weighted by Gasteiger charge is 2.38. The van der Waals surface area contributed by atoms with Crippen molar-refractivity contribution in [3.63, 3.8) is 0 Å². The minimum absolute atomic E-state index is 0.214. The lowest BCUT2D eigenvalue weighted by molar-refractivity contribution is -0.191. The Morgan fingerprint density at radius 2 is 1.58 bits per heavy atom. The average Bonchev–Trinajstić information content (AvgIpc) is 2.54. The van der Waals surface area contributed by atoms with Crippen molar-refractivity contribution in [3.8, 4) is 5.75 Å². The zero-order valence-electron chi connectivity index (χ0n) is 16.1. The number of halogens is 1. The standard InChI is InChI=1S/C20H27BrOSi.CO2/c1-20(2,3)23(4,5)22-18-14-13-17(19(21)15-18)12-11-16-9-7-6-8-10-16;2-1-3/h6-10,13-15H,11-12H2,1-5H3;. The number of benzene rings is 2. The third kappa shape index (κ3) is 6.91. The van der Waals surface area contributed by atoms with Crippen molar-refractivity contribution in [2.24, 2.45) is 0 Å². The first kappa shape index (κ1) is 22.4. The van der Waals surface area contributed by atoms with Crippen LogP contribution in [0.1, 0.15) is 31.9 Å². The number of hydrogen-bond donors (Lipinski definition) is 0. The first-order valence-corrected chi connectivity index (χ1v) is 12.3. The molecule has 0 aromatic heterocycles. The van der Waals surface area contributed by atoms with Crippen molar-refractivity contribution in [3.05, 3.63) is 64.1 Å². The molecule has 0 aliphatic rings. The van der Waals surface area contributed by atoms with Gasteiger partial charge in [-0.25, -0.2) is 0 Å². The SMILES string of the molecule is CC(C)(C)[Si](C)(C)Oc1ccc(CCc2ccccc2)c(Br)c1.O=C=O. The molecule has 0 spiro atoms. The molecule has 0 amide bonds. The largest absolute Gasteiger partial charge is 0.543 e. The molecule has 0 unspecified atom stereocenters. The van der Waals surface area contributed by atoms with Crippen LogP contribution in [0.4, 0.5) is 0 Å². The molecule has 0 radical (unpaired) electrons. The summed E-state index contributed by atoms with van der Waals surface area (Å²) in [6.45, 7) is 11.4. The fourth-order valence-electron chi connectivity index (χ4n) is 2.17. The van der Waals surface area contributed by atoms with Crippen LogP contribution in [0.3, 0.4) is 0 Å². The van der Waals surface area contributed by atoms with Crippen LogP contribution in [0.15, 0.2) is 53.0 Å². The van der Waals surface area contributed by atoms with Crippen molar-refractivity contribution in [1.29, 1.82) is 0 Å². The highest BCUT2D eigenvalue weighted by molar-refractivity contribution is 9.10. The first-order chi connectivity index (χ1) is 12.1. The second-order valence-electron chi connectivity index (χ2n) is 7.68. The van der Waals surface area contributed by atoms with Crippen LogP contribution in [0.25, 0.3) is 0 Å². The second kappa shape index (κ2) is 9.86. The Morgan fingerprint density at radius 3 is 2.08 bits per heavy atom. The lowest BCUT2D eigenvalue weighted by Gasteiger charge is -2.36. The first-order valence-electron chi connectivity index (χ1n) is 8.61. The molecule has 0 aliphatic heterocycles. The maximum Gasteiger partial charge on any atom is 0.373 e. The van der Waals surface area contributed by atoms with Gasteiger partial charge in [-0.15, -0.1) is 0 Å². The summed E-state index contributed by atoms with van der Waals surface area (Å²) in [5, 5.41) is 0.214. The van der Waals surface area contributed by atoms with Gasteiger partial charge in [-0.05, 0) is 54.2 Å². The molecule has 0 saturated carbocycles. The molecule has 0 bridgehead atoms. The van der Waals surface area contributed by atoms with Crippen molar-refractivity contribution in [2.75, 3.05) is 0 Å². The lowest BCUT2D eigenvalue weighted by Crippen LogP contribution is -2.43. The van der Waals surface area contributed by atoms with Gasteiger partial charge in [0.1, 0.15) is 5.75 Å². The molecule has 0 N–H and O–H groups in total. The van der Waals surface area contributed by atoms with Crippen LogP contribution in [-0.4, -0.2) is 14.5 Å². The predicted octanol–water partition coefficient (Wildman–Crippen LogP) is 6.03. The summed E-state index contributed by atoms with van der Waals surface area (Å²) in [5.74, 6) is 0.979. The third-order valence-corrected chi connectivity index (χ3v) is 9.83. The van der Waals surface area contributed by atoms with Gasteiger partial charge < -0.3 is 4.43 Å². The molecule has 5 heteroatoms. The lowest BCUT2D eigenvalue weighted by atomic mass is 10.0. The molecule has 0 fully saturated rings. The minimum Gasteiger partial charge on any atom is -0.543 e. The molecule has 2 rings (SSSR count). The Kier molecular flexibility index (Phi) is 8.48. The van der Waals surface area contributed by atoms with Crippen LogP contribution < -0.4 is 4.43 Å². The smallest absolute Gasteiger partial charge is 0.373 e. The van der Waals surface area contributed by atoms with Gasteiger partial charge in [0.2, 0.25) is 8.32 Å². The van der Waals surface area contributed by atoms with E-state index in [1.165, 1.54) is 11.1 Å². The molecule has 26 heavy (non-hydrogen) atoms. The summed E-state index contributed by atoms with van der Waals surface area (Å²) in [6.07, 6.45) is 2.34. The molecule has 0 saturated heterocycles. The molecule has 140 valence electrons. The van der Waals surface area contributed by atoms with E-state index >= 15 is 0 Å². The van der Waals surface area contributed by atoms with Gasteiger partial charge in [0.05, 0.1) is 0 Å². The molecule has 0 heterocycles. The van der Waals surface area contributed by atoms with Gasteiger partial charge in [-0.1, -0.05) is 73.1 Å². The Bertz CT molecular complexity index is 731. The predicted molar refractivity (Wildman–Crippen MR) is 111 cm³/mol. The summed E-state index contributed by atoms with van der Waals surface area (Å²) in [7, 11) is -1.78. The maximum atomic E-state index is 8.12. The molecule has 0 aliphatic carbocycles. The normalized spacial score (nSPS) is 11.2. The van der Waals surface area contributed by atoms with Gasteiger partial charge in [0, 0.05) is 4.47 Å². The molecule has 2 aromatic carbocycles. The number of aryl methyl sites for hydroxylation is 2. The van der Waals surface area contributed by atoms with Gasteiger partial charge >= 0.3 is 6.15 Å². The molecular weight excluding hydrogens is 408 g/mol. The van der Waals surface area contributed by atoms with E-state index in [2.05, 4.69) is 98.3 Å². The van der Waals surface area contributed by atoms with E-state index in [0.29, 0.717) is 0 Å². The van der Waals surface area contributed by atoms with Crippen LogP contribution in [0.5, 0.6) is 5.75 Å². The van der Waals surface area contributed by atoms with Crippen LogP contribution >= 0.6 is 15.9 Å². The number of hydrogen-bond acceptors (Lipinski definition) is 3. The zero-order valence-corrected chi connectivity index (χ0v) is 18.7. The van der Waals surface area contributed by atoms with Crippen molar-refractivity contribution >= 4 is 30.4 Å². The molecule has 0 atom stereocenters. The summed E-state index contributed by atoms with van der Waals surface area (Å²) < 4.78 is 7.52. The fraction of sp³-hybridized carbons (Fsp3) is 0.381. The summed E-state index contributed by atoms with van der Waals surface area (Å²) in [5.41, 5.74) is 2.71. The van der Waals surface area contributed by atoms with Gasteiger partial charge in [-0.3, -0.25) is 0 Å². The fourth-order valence-corrected chi connectivity index (χ4v) is 3.74. The Morgan fingerprint density at radius 1 is 1.00 bits per heavy atom. The Hall–Kier alpha value is -1.68. The van der Waals surface area contributed by atoms with Crippen LogP contribution in [0.2, 0.25) is 18.1 Å². The topological polar surface area (TPSA) is 43.4 Å². The van der Waals surface area contributed by atoms with Crippen molar-refractivity contribution in [1.82, 2.24) is 0 Å². The highest BCUT2D eigenvalue weighted by Crippen LogP contribution is 2.38. The summed E-state index contributed by atoms with van der Waals surface area (Å²) in [4.78, 5) is 16.2.